The standard InChI is InChI=1S/C9H10N/c1-2-6-10-9(3-1)7-8-4-5-8/h1-3,8H,4-5,7H2. The minimum Gasteiger partial charge on any atom is -0.251 e. The number of hydrogen-bond acceptors (Lipinski definition) is 1. The van der Waals surface area contributed by atoms with Gasteiger partial charge in [0.1, 0.15) is 0 Å². The van der Waals surface area contributed by atoms with Crippen LogP contribution in [0.5, 0.6) is 0 Å². The molecule has 0 bridgehead atoms. The van der Waals surface area contributed by atoms with E-state index in [1.807, 2.05) is 12.1 Å². The normalized spacial score (nSPS) is 17.2. The van der Waals surface area contributed by atoms with Gasteiger partial charge in [0.15, 0.2) is 0 Å². The molecular formula is C9H10N. The molecule has 0 aliphatic heterocycles. The summed E-state index contributed by atoms with van der Waals surface area (Å²) < 4.78 is 0. The quantitative estimate of drug-likeness (QED) is 0.598. The van der Waals surface area contributed by atoms with Gasteiger partial charge in [-0.15, -0.1) is 0 Å². The van der Waals surface area contributed by atoms with Gasteiger partial charge in [-0.1, -0.05) is 6.07 Å². The summed E-state index contributed by atoms with van der Waals surface area (Å²) in [5.41, 5.74) is 1.20. The molecule has 1 nitrogen and oxygen atoms in total. The average Bonchev–Trinajstić information content (AvgIpc) is 2.74. The van der Waals surface area contributed by atoms with Gasteiger partial charge >= 0.3 is 0 Å². The Balaban J connectivity index is 2.03. The van der Waals surface area contributed by atoms with E-state index in [-0.39, 0.29) is 0 Å². The van der Waals surface area contributed by atoms with Gasteiger partial charge in [-0.3, -0.25) is 4.98 Å². The molecule has 51 valence electrons. The van der Waals surface area contributed by atoms with Crippen molar-refractivity contribution in [3.63, 3.8) is 0 Å². The number of hydrogen-bond donors (Lipinski definition) is 0. The summed E-state index contributed by atoms with van der Waals surface area (Å²) in [6.07, 6.45) is 6.81. The molecule has 0 N–H and O–H groups in total. The highest BCUT2D eigenvalue weighted by Crippen LogP contribution is 2.31. The Hall–Kier alpha value is -0.850. The van der Waals surface area contributed by atoms with Gasteiger partial charge in [-0.05, 0) is 37.3 Å². The van der Waals surface area contributed by atoms with Crippen molar-refractivity contribution in [3.8, 4) is 0 Å². The highest BCUT2D eigenvalue weighted by Gasteiger charge is 2.21. The zero-order valence-electron chi connectivity index (χ0n) is 5.88. The van der Waals surface area contributed by atoms with Gasteiger partial charge < -0.3 is 0 Å². The van der Waals surface area contributed by atoms with E-state index in [1.54, 1.807) is 0 Å². The Kier molecular flexibility index (Phi) is 1.42. The summed E-state index contributed by atoms with van der Waals surface area (Å²) in [6, 6.07) is 5.93. The third-order valence-corrected chi connectivity index (χ3v) is 1.86. The highest BCUT2D eigenvalue weighted by molar-refractivity contribution is 5.04. The molecule has 1 aromatic rings. The number of nitrogens with zero attached hydrogens (tertiary/aromatic N) is 1. The van der Waals surface area contributed by atoms with E-state index >= 15 is 0 Å². The van der Waals surface area contributed by atoms with Crippen LogP contribution < -0.4 is 0 Å². The number of pyridine rings is 1. The highest BCUT2D eigenvalue weighted by atomic mass is 14.7. The van der Waals surface area contributed by atoms with Crippen LogP contribution in [0, 0.1) is 12.1 Å². The third-order valence-electron chi connectivity index (χ3n) is 1.86. The van der Waals surface area contributed by atoms with E-state index in [9.17, 15) is 0 Å². The Bertz CT molecular complexity index is 201. The molecule has 0 saturated heterocycles. The fraction of sp³-hybridized carbons (Fsp3) is 0.444. The summed E-state index contributed by atoms with van der Waals surface area (Å²) in [6.45, 7) is 0. The lowest BCUT2D eigenvalue weighted by Gasteiger charge is -1.93. The maximum absolute atomic E-state index is 4.13. The van der Waals surface area contributed by atoms with Crippen molar-refractivity contribution >= 4 is 0 Å². The van der Waals surface area contributed by atoms with E-state index < -0.39 is 0 Å². The first kappa shape index (κ1) is 5.90. The molecule has 1 heterocycles. The largest absolute Gasteiger partial charge is 0.251 e. The van der Waals surface area contributed by atoms with E-state index in [1.165, 1.54) is 18.5 Å². The number of aromatic nitrogens is 1. The monoisotopic (exact) mass is 132 g/mol. The molecular weight excluding hydrogens is 122 g/mol. The molecule has 1 radical (unpaired) electrons. The predicted molar refractivity (Wildman–Crippen MR) is 39.5 cm³/mol. The summed E-state index contributed by atoms with van der Waals surface area (Å²) in [7, 11) is 0. The van der Waals surface area contributed by atoms with Crippen molar-refractivity contribution in [3.05, 3.63) is 30.1 Å². The first-order chi connectivity index (χ1) is 4.95. The van der Waals surface area contributed by atoms with Crippen LogP contribution in [0.15, 0.2) is 18.2 Å². The third kappa shape index (κ3) is 1.35. The second-order valence-corrected chi connectivity index (χ2v) is 2.91. The van der Waals surface area contributed by atoms with Crippen LogP contribution in [0.1, 0.15) is 18.5 Å². The molecule has 0 amide bonds. The zero-order chi connectivity index (χ0) is 6.81. The van der Waals surface area contributed by atoms with Crippen LogP contribution in [-0.2, 0) is 6.42 Å². The van der Waals surface area contributed by atoms with Crippen LogP contribution in [0.25, 0.3) is 0 Å². The zero-order valence-corrected chi connectivity index (χ0v) is 5.88. The van der Waals surface area contributed by atoms with E-state index in [2.05, 4.69) is 17.2 Å². The van der Waals surface area contributed by atoms with Crippen LogP contribution in [0.3, 0.4) is 0 Å². The van der Waals surface area contributed by atoms with Crippen molar-refractivity contribution < 1.29 is 0 Å². The molecule has 1 aliphatic carbocycles. The minimum atomic E-state index is 0.934. The number of rotatable bonds is 2. The molecule has 1 saturated carbocycles. The molecule has 1 fully saturated rings. The lowest BCUT2D eigenvalue weighted by molar-refractivity contribution is 0.803. The first-order valence-corrected chi connectivity index (χ1v) is 3.77. The van der Waals surface area contributed by atoms with E-state index in [4.69, 9.17) is 0 Å². The van der Waals surface area contributed by atoms with Crippen LogP contribution in [0.2, 0.25) is 0 Å². The molecule has 10 heavy (non-hydrogen) atoms. The second-order valence-electron chi connectivity index (χ2n) is 2.91. The topological polar surface area (TPSA) is 12.9 Å². The van der Waals surface area contributed by atoms with Crippen molar-refractivity contribution in [1.82, 2.24) is 4.98 Å². The maximum Gasteiger partial charge on any atom is 0.0889 e. The lowest BCUT2D eigenvalue weighted by Crippen LogP contribution is -1.89. The smallest absolute Gasteiger partial charge is 0.0889 e. The molecule has 0 atom stereocenters. The van der Waals surface area contributed by atoms with Gasteiger partial charge in [-0.25, -0.2) is 0 Å². The maximum atomic E-state index is 4.13. The summed E-state index contributed by atoms with van der Waals surface area (Å²) in [5, 5.41) is 0. The SMILES string of the molecule is [c]1cccc(CC2CC2)n1. The van der Waals surface area contributed by atoms with E-state index in [0.717, 1.165) is 12.3 Å². The van der Waals surface area contributed by atoms with Gasteiger partial charge in [0.05, 0.1) is 6.20 Å². The minimum absolute atomic E-state index is 0.934. The Morgan fingerprint density at radius 3 is 3.10 bits per heavy atom. The molecule has 1 aliphatic rings. The predicted octanol–water partition coefficient (Wildman–Crippen LogP) is 1.83. The second kappa shape index (κ2) is 2.41. The van der Waals surface area contributed by atoms with Gasteiger partial charge in [0, 0.05) is 5.69 Å². The molecule has 0 aromatic carbocycles. The molecule has 0 unspecified atom stereocenters. The van der Waals surface area contributed by atoms with Crippen molar-refractivity contribution in [1.29, 1.82) is 0 Å². The van der Waals surface area contributed by atoms with Gasteiger partial charge in [0.2, 0.25) is 0 Å². The lowest BCUT2D eigenvalue weighted by atomic mass is 10.2. The van der Waals surface area contributed by atoms with Crippen molar-refractivity contribution in [2.75, 3.05) is 0 Å². The summed E-state index contributed by atoms with van der Waals surface area (Å²) in [4.78, 5) is 4.13. The first-order valence-electron chi connectivity index (χ1n) is 3.77. The molecule has 0 spiro atoms. The average molecular weight is 132 g/mol. The van der Waals surface area contributed by atoms with Crippen LogP contribution in [0.4, 0.5) is 0 Å². The van der Waals surface area contributed by atoms with E-state index in [0.29, 0.717) is 0 Å². The Morgan fingerprint density at radius 2 is 2.50 bits per heavy atom. The van der Waals surface area contributed by atoms with Gasteiger partial charge in [0.25, 0.3) is 0 Å². The summed E-state index contributed by atoms with van der Waals surface area (Å²) >= 11 is 0. The van der Waals surface area contributed by atoms with Crippen molar-refractivity contribution in [2.45, 2.75) is 19.3 Å². The Morgan fingerprint density at radius 1 is 1.60 bits per heavy atom. The van der Waals surface area contributed by atoms with Crippen LogP contribution >= 0.6 is 0 Å². The molecule has 2 rings (SSSR count). The fourth-order valence-electron chi connectivity index (χ4n) is 1.09. The van der Waals surface area contributed by atoms with Crippen molar-refractivity contribution in [2.24, 2.45) is 5.92 Å². The summed E-state index contributed by atoms with van der Waals surface area (Å²) in [5.74, 6) is 0.934. The molecule has 1 aromatic heterocycles. The fourth-order valence-corrected chi connectivity index (χ4v) is 1.09. The molecule has 1 heteroatoms. The Labute approximate surface area is 61.1 Å². The van der Waals surface area contributed by atoms with Crippen LogP contribution in [-0.4, -0.2) is 4.98 Å². The van der Waals surface area contributed by atoms with Gasteiger partial charge in [-0.2, -0.15) is 0 Å².